The average Bonchev–Trinajstić information content (AvgIpc) is 2.31. The van der Waals surface area contributed by atoms with Crippen molar-refractivity contribution in [1.29, 1.82) is 0 Å². The summed E-state index contributed by atoms with van der Waals surface area (Å²) in [5.41, 5.74) is -0.771. The van der Waals surface area contributed by atoms with Crippen LogP contribution in [-0.4, -0.2) is 48.2 Å². The van der Waals surface area contributed by atoms with Crippen LogP contribution in [0, 0.1) is 5.92 Å². The molecule has 1 saturated carbocycles. The molecule has 1 aliphatic carbocycles. The molecule has 0 amide bonds. The maximum Gasteiger partial charge on any atom is 0.323 e. The van der Waals surface area contributed by atoms with Gasteiger partial charge in [-0.15, -0.1) is 0 Å². The van der Waals surface area contributed by atoms with Crippen molar-refractivity contribution in [2.45, 2.75) is 57.9 Å². The van der Waals surface area contributed by atoms with Gasteiger partial charge in [0.25, 0.3) is 0 Å². The van der Waals surface area contributed by atoms with Crippen molar-refractivity contribution in [2.75, 3.05) is 26.7 Å². The molecule has 0 aliphatic heterocycles. The van der Waals surface area contributed by atoms with Gasteiger partial charge in [0, 0.05) is 6.54 Å². The molecule has 112 valence electrons. The SMILES string of the molecule is CCCNC(C)(CCCN(C)CC1CCC1)C(=O)O. The van der Waals surface area contributed by atoms with Gasteiger partial charge >= 0.3 is 5.97 Å². The minimum Gasteiger partial charge on any atom is -0.480 e. The third-order valence-corrected chi connectivity index (χ3v) is 4.25. The van der Waals surface area contributed by atoms with Crippen LogP contribution in [0.4, 0.5) is 0 Å². The number of rotatable bonds is 10. The third kappa shape index (κ3) is 5.49. The second kappa shape index (κ2) is 7.85. The Bertz CT molecular complexity index is 279. The summed E-state index contributed by atoms with van der Waals surface area (Å²) < 4.78 is 0. The van der Waals surface area contributed by atoms with Gasteiger partial charge in [0.15, 0.2) is 0 Å². The molecule has 0 aromatic rings. The Morgan fingerprint density at radius 2 is 2.16 bits per heavy atom. The minimum absolute atomic E-state index is 0.692. The fourth-order valence-electron chi connectivity index (χ4n) is 2.58. The molecule has 0 bridgehead atoms. The lowest BCUT2D eigenvalue weighted by atomic mass is 9.85. The molecule has 1 atom stereocenters. The van der Waals surface area contributed by atoms with Crippen LogP contribution in [0.5, 0.6) is 0 Å². The summed E-state index contributed by atoms with van der Waals surface area (Å²) in [6.45, 7) is 6.79. The second-order valence-corrected chi connectivity index (χ2v) is 6.23. The Morgan fingerprint density at radius 1 is 1.47 bits per heavy atom. The molecule has 4 nitrogen and oxygen atoms in total. The zero-order valence-electron chi connectivity index (χ0n) is 12.7. The highest BCUT2D eigenvalue weighted by molar-refractivity contribution is 5.78. The summed E-state index contributed by atoms with van der Waals surface area (Å²) in [6.07, 6.45) is 6.71. The van der Waals surface area contributed by atoms with E-state index in [0.29, 0.717) is 6.42 Å². The fourth-order valence-corrected chi connectivity index (χ4v) is 2.58. The van der Waals surface area contributed by atoms with E-state index in [1.54, 1.807) is 6.92 Å². The molecule has 19 heavy (non-hydrogen) atoms. The van der Waals surface area contributed by atoms with E-state index in [2.05, 4.69) is 24.2 Å². The van der Waals surface area contributed by atoms with Crippen LogP contribution in [0.3, 0.4) is 0 Å². The highest BCUT2D eigenvalue weighted by atomic mass is 16.4. The van der Waals surface area contributed by atoms with Gasteiger partial charge in [0.1, 0.15) is 5.54 Å². The number of carboxylic acid groups (broad SMARTS) is 1. The lowest BCUT2D eigenvalue weighted by Gasteiger charge is -2.31. The summed E-state index contributed by atoms with van der Waals surface area (Å²) in [4.78, 5) is 13.7. The number of hydrogen-bond donors (Lipinski definition) is 2. The van der Waals surface area contributed by atoms with Crippen molar-refractivity contribution < 1.29 is 9.90 Å². The van der Waals surface area contributed by atoms with Crippen molar-refractivity contribution in [3.05, 3.63) is 0 Å². The van der Waals surface area contributed by atoms with Crippen LogP contribution in [0.1, 0.15) is 52.4 Å². The van der Waals surface area contributed by atoms with Gasteiger partial charge in [-0.25, -0.2) is 0 Å². The predicted octanol–water partition coefficient (Wildman–Crippen LogP) is 2.34. The zero-order chi connectivity index (χ0) is 14.3. The van der Waals surface area contributed by atoms with Crippen LogP contribution in [0.15, 0.2) is 0 Å². The van der Waals surface area contributed by atoms with Gasteiger partial charge in [-0.3, -0.25) is 4.79 Å². The molecule has 1 unspecified atom stereocenters. The summed E-state index contributed by atoms with van der Waals surface area (Å²) in [5, 5.41) is 12.5. The Morgan fingerprint density at radius 3 is 2.63 bits per heavy atom. The number of carboxylic acids is 1. The zero-order valence-corrected chi connectivity index (χ0v) is 12.7. The lowest BCUT2D eigenvalue weighted by Crippen LogP contribution is -2.50. The molecule has 1 rings (SSSR count). The summed E-state index contributed by atoms with van der Waals surface area (Å²) in [7, 11) is 2.15. The van der Waals surface area contributed by atoms with Crippen LogP contribution >= 0.6 is 0 Å². The molecule has 0 saturated heterocycles. The standard InChI is InChI=1S/C15H30N2O2/c1-4-10-16-15(2,14(18)19)9-6-11-17(3)12-13-7-5-8-13/h13,16H,4-12H2,1-3H3,(H,18,19). The largest absolute Gasteiger partial charge is 0.480 e. The van der Waals surface area contributed by atoms with Gasteiger partial charge in [0.05, 0.1) is 0 Å². The molecular weight excluding hydrogens is 240 g/mol. The highest BCUT2D eigenvalue weighted by Crippen LogP contribution is 2.26. The Hall–Kier alpha value is -0.610. The molecule has 0 aromatic heterocycles. The van der Waals surface area contributed by atoms with Gasteiger partial charge in [-0.2, -0.15) is 0 Å². The first-order chi connectivity index (χ1) is 8.98. The van der Waals surface area contributed by atoms with E-state index in [4.69, 9.17) is 0 Å². The Labute approximate surface area is 117 Å². The number of nitrogens with one attached hydrogen (secondary N) is 1. The molecule has 0 aromatic carbocycles. The molecule has 2 N–H and O–H groups in total. The topological polar surface area (TPSA) is 52.6 Å². The summed E-state index contributed by atoms with van der Waals surface area (Å²) in [5.74, 6) is 0.150. The van der Waals surface area contributed by atoms with Crippen molar-refractivity contribution >= 4 is 5.97 Å². The molecule has 1 aliphatic rings. The van der Waals surface area contributed by atoms with Crippen molar-refractivity contribution in [3.8, 4) is 0 Å². The van der Waals surface area contributed by atoms with Crippen molar-refractivity contribution in [1.82, 2.24) is 10.2 Å². The van der Waals surface area contributed by atoms with Crippen LogP contribution in [0.25, 0.3) is 0 Å². The maximum absolute atomic E-state index is 11.4. The van der Waals surface area contributed by atoms with E-state index in [9.17, 15) is 9.90 Å². The molecule has 4 heteroatoms. The van der Waals surface area contributed by atoms with Gasteiger partial charge in [0.2, 0.25) is 0 Å². The van der Waals surface area contributed by atoms with Crippen LogP contribution < -0.4 is 5.32 Å². The monoisotopic (exact) mass is 270 g/mol. The average molecular weight is 270 g/mol. The van der Waals surface area contributed by atoms with E-state index in [1.165, 1.54) is 25.8 Å². The quantitative estimate of drug-likeness (QED) is 0.640. The smallest absolute Gasteiger partial charge is 0.323 e. The van der Waals surface area contributed by atoms with E-state index >= 15 is 0 Å². The number of hydrogen-bond acceptors (Lipinski definition) is 3. The molecule has 1 fully saturated rings. The highest BCUT2D eigenvalue weighted by Gasteiger charge is 2.31. The molecule has 0 heterocycles. The van der Waals surface area contributed by atoms with Crippen LogP contribution in [0.2, 0.25) is 0 Å². The number of carbonyl (C=O) groups is 1. The van der Waals surface area contributed by atoms with E-state index < -0.39 is 11.5 Å². The van der Waals surface area contributed by atoms with Crippen molar-refractivity contribution in [2.24, 2.45) is 5.92 Å². The first kappa shape index (κ1) is 16.4. The van der Waals surface area contributed by atoms with Gasteiger partial charge in [-0.1, -0.05) is 13.3 Å². The van der Waals surface area contributed by atoms with Crippen LogP contribution in [-0.2, 0) is 4.79 Å². The maximum atomic E-state index is 11.4. The first-order valence-electron chi connectivity index (χ1n) is 7.65. The van der Waals surface area contributed by atoms with Gasteiger partial charge in [-0.05, 0) is 65.1 Å². The van der Waals surface area contributed by atoms with E-state index in [1.807, 2.05) is 0 Å². The molecule has 0 radical (unpaired) electrons. The predicted molar refractivity (Wildman–Crippen MR) is 78.4 cm³/mol. The summed E-state index contributed by atoms with van der Waals surface area (Å²) in [6, 6.07) is 0. The van der Waals surface area contributed by atoms with E-state index in [-0.39, 0.29) is 0 Å². The fraction of sp³-hybridized carbons (Fsp3) is 0.933. The third-order valence-electron chi connectivity index (χ3n) is 4.25. The van der Waals surface area contributed by atoms with Crippen molar-refractivity contribution in [3.63, 3.8) is 0 Å². The Kier molecular flexibility index (Phi) is 6.80. The molecule has 0 spiro atoms. The number of nitrogens with zero attached hydrogens (tertiary/aromatic N) is 1. The normalized spacial score (nSPS) is 19.2. The number of aliphatic carboxylic acids is 1. The lowest BCUT2D eigenvalue weighted by molar-refractivity contribution is -0.144. The minimum atomic E-state index is -0.771. The first-order valence-corrected chi connectivity index (χ1v) is 7.65. The Balaban J connectivity index is 2.24. The molecular formula is C15H30N2O2. The van der Waals surface area contributed by atoms with Gasteiger partial charge < -0.3 is 15.3 Å². The van der Waals surface area contributed by atoms with E-state index in [0.717, 1.165) is 31.8 Å². The summed E-state index contributed by atoms with van der Waals surface area (Å²) >= 11 is 0. The second-order valence-electron chi connectivity index (χ2n) is 6.23.